The number of rotatable bonds is 11. The van der Waals surface area contributed by atoms with Crippen molar-refractivity contribution in [2.24, 2.45) is 0 Å². The average Bonchev–Trinajstić information content (AvgIpc) is 3.30. The van der Waals surface area contributed by atoms with E-state index < -0.39 is 5.91 Å². The van der Waals surface area contributed by atoms with Crippen molar-refractivity contribution in [1.82, 2.24) is 5.32 Å². The van der Waals surface area contributed by atoms with E-state index in [1.165, 1.54) is 18.5 Å². The first-order valence-corrected chi connectivity index (χ1v) is 12.1. The van der Waals surface area contributed by atoms with Gasteiger partial charge in [-0.2, -0.15) is 5.26 Å². The molecule has 184 valence electrons. The molecule has 7 heteroatoms. The number of nitriles is 1. The van der Waals surface area contributed by atoms with E-state index in [-0.39, 0.29) is 18.8 Å². The summed E-state index contributed by atoms with van der Waals surface area (Å²) < 4.78 is 10.4. The van der Waals surface area contributed by atoms with Crippen LogP contribution in [-0.2, 0) is 14.3 Å². The van der Waals surface area contributed by atoms with Crippen LogP contribution in [-0.4, -0.2) is 63.2 Å². The predicted octanol–water partition coefficient (Wildman–Crippen LogP) is 3.90. The van der Waals surface area contributed by atoms with Crippen molar-refractivity contribution in [3.8, 4) is 6.07 Å². The number of amides is 1. The second-order valence-electron chi connectivity index (χ2n) is 7.85. The maximum atomic E-state index is 12.3. The Balaban J connectivity index is 0.00000199. The summed E-state index contributed by atoms with van der Waals surface area (Å²) in [4.78, 5) is 14.8. The van der Waals surface area contributed by atoms with Crippen LogP contribution in [0.15, 0.2) is 42.0 Å². The molecule has 3 rings (SSSR count). The highest BCUT2D eigenvalue weighted by Gasteiger charge is 2.20. The van der Waals surface area contributed by atoms with E-state index in [1.54, 1.807) is 6.08 Å². The lowest BCUT2D eigenvalue weighted by Crippen LogP contribution is -2.28. The van der Waals surface area contributed by atoms with Gasteiger partial charge in [-0.05, 0) is 60.4 Å². The highest BCUT2D eigenvalue weighted by Crippen LogP contribution is 2.29. The van der Waals surface area contributed by atoms with Crippen LogP contribution >= 0.6 is 0 Å². The molecule has 0 bridgehead atoms. The molecule has 1 atom stereocenters. The molecule has 0 spiro atoms. The molecule has 0 aliphatic carbocycles. The molecule has 2 aromatic carbocycles. The van der Waals surface area contributed by atoms with Gasteiger partial charge in [-0.25, -0.2) is 0 Å². The zero-order chi connectivity index (χ0) is 24.8. The van der Waals surface area contributed by atoms with Crippen LogP contribution in [0.4, 0.5) is 5.69 Å². The maximum Gasteiger partial charge on any atom is 0.262 e. The van der Waals surface area contributed by atoms with E-state index in [9.17, 15) is 10.1 Å². The summed E-state index contributed by atoms with van der Waals surface area (Å²) in [5.41, 5.74) is 2.10. The van der Waals surface area contributed by atoms with Gasteiger partial charge in [0.2, 0.25) is 0 Å². The quantitative estimate of drug-likeness (QED) is 0.296. The fourth-order valence-corrected chi connectivity index (χ4v) is 3.87. The van der Waals surface area contributed by atoms with E-state index in [0.29, 0.717) is 32.4 Å². The third-order valence-corrected chi connectivity index (χ3v) is 5.55. The number of hydrogen-bond acceptors (Lipinski definition) is 6. The second-order valence-corrected chi connectivity index (χ2v) is 7.85. The summed E-state index contributed by atoms with van der Waals surface area (Å²) in [5.74, 6) is -0.425. The Kier molecular flexibility index (Phi) is 12.1. The number of ether oxygens (including phenoxy) is 2. The Bertz CT molecular complexity index is 983. The van der Waals surface area contributed by atoms with E-state index in [4.69, 9.17) is 14.6 Å². The molecule has 1 unspecified atom stereocenters. The molecule has 0 aromatic heterocycles. The van der Waals surface area contributed by atoms with Gasteiger partial charge >= 0.3 is 0 Å². The van der Waals surface area contributed by atoms with Crippen molar-refractivity contribution in [2.75, 3.05) is 51.0 Å². The fourth-order valence-electron chi connectivity index (χ4n) is 3.87. The van der Waals surface area contributed by atoms with Crippen LogP contribution in [0.1, 0.15) is 39.2 Å². The second kappa shape index (κ2) is 15.1. The van der Waals surface area contributed by atoms with Crippen molar-refractivity contribution in [3.63, 3.8) is 0 Å². The molecule has 34 heavy (non-hydrogen) atoms. The van der Waals surface area contributed by atoms with Gasteiger partial charge in [0.25, 0.3) is 5.91 Å². The molecule has 0 saturated carbocycles. The van der Waals surface area contributed by atoms with Gasteiger partial charge < -0.3 is 24.8 Å². The molecule has 2 N–H and O–H groups in total. The molecule has 1 fully saturated rings. The lowest BCUT2D eigenvalue weighted by Gasteiger charge is -2.24. The SMILES string of the molecule is CC.CC1CCCN1c1ccc2cc(/C=C(\C#N)C(=O)NCCOCCOCCO)ccc2c1. The summed E-state index contributed by atoms with van der Waals surface area (Å²) in [5, 5.41) is 22.9. The van der Waals surface area contributed by atoms with Crippen molar-refractivity contribution in [2.45, 2.75) is 39.7 Å². The topological polar surface area (TPSA) is 94.8 Å². The maximum absolute atomic E-state index is 12.3. The van der Waals surface area contributed by atoms with Gasteiger partial charge in [-0.15, -0.1) is 0 Å². The number of carbonyl (C=O) groups excluding carboxylic acids is 1. The van der Waals surface area contributed by atoms with Crippen LogP contribution in [0.2, 0.25) is 0 Å². The minimum Gasteiger partial charge on any atom is -0.394 e. The minimum atomic E-state index is -0.425. The standard InChI is InChI=1S/C25H31N3O4.C2H6/c1-19-3-2-9-28(19)24-7-6-21-15-20(4-5-22(21)17-24)16-23(18-26)25(30)27-8-11-31-13-14-32-12-10-29;1-2/h4-7,15-17,19,29H,2-3,8-14H2,1H3,(H,27,30);1-2H3/b23-16+;. The number of nitrogens with zero attached hydrogens (tertiary/aromatic N) is 2. The summed E-state index contributed by atoms with van der Waals surface area (Å²) in [6.45, 7) is 9.01. The Labute approximate surface area is 203 Å². The van der Waals surface area contributed by atoms with E-state index in [2.05, 4.69) is 35.3 Å². The van der Waals surface area contributed by atoms with Crippen molar-refractivity contribution in [1.29, 1.82) is 5.26 Å². The summed E-state index contributed by atoms with van der Waals surface area (Å²) in [6.07, 6.45) is 4.06. The molecular weight excluding hydrogens is 430 g/mol. The number of fused-ring (bicyclic) bond motifs is 1. The normalized spacial score (nSPS) is 15.6. The van der Waals surface area contributed by atoms with Crippen LogP contribution in [0, 0.1) is 11.3 Å². The van der Waals surface area contributed by atoms with Gasteiger partial charge in [0, 0.05) is 24.8 Å². The molecule has 7 nitrogen and oxygen atoms in total. The van der Waals surface area contributed by atoms with Gasteiger partial charge in [0.15, 0.2) is 0 Å². The highest BCUT2D eigenvalue weighted by atomic mass is 16.5. The van der Waals surface area contributed by atoms with E-state index in [1.807, 2.05) is 38.1 Å². The minimum absolute atomic E-state index is 0.0184. The third kappa shape index (κ3) is 8.14. The predicted molar refractivity (Wildman–Crippen MR) is 137 cm³/mol. The lowest BCUT2D eigenvalue weighted by atomic mass is 10.0. The molecular formula is C27H37N3O4. The summed E-state index contributed by atoms with van der Waals surface area (Å²) in [6, 6.07) is 15.0. The molecule has 2 aromatic rings. The highest BCUT2D eigenvalue weighted by molar-refractivity contribution is 6.02. The zero-order valence-corrected chi connectivity index (χ0v) is 20.5. The first-order valence-electron chi connectivity index (χ1n) is 12.1. The molecule has 1 heterocycles. The van der Waals surface area contributed by atoms with Crippen LogP contribution in [0.3, 0.4) is 0 Å². The molecule has 0 radical (unpaired) electrons. The van der Waals surface area contributed by atoms with Crippen molar-refractivity contribution < 1.29 is 19.4 Å². The fraction of sp³-hybridized carbons (Fsp3) is 0.481. The van der Waals surface area contributed by atoms with Crippen LogP contribution in [0.5, 0.6) is 0 Å². The van der Waals surface area contributed by atoms with Gasteiger partial charge in [0.05, 0.1) is 33.0 Å². The zero-order valence-electron chi connectivity index (χ0n) is 20.5. The van der Waals surface area contributed by atoms with Gasteiger partial charge in [-0.1, -0.05) is 32.0 Å². The molecule has 1 aliphatic heterocycles. The van der Waals surface area contributed by atoms with Gasteiger partial charge in [0.1, 0.15) is 11.6 Å². The van der Waals surface area contributed by atoms with Crippen molar-refractivity contribution >= 4 is 28.4 Å². The monoisotopic (exact) mass is 467 g/mol. The Morgan fingerprint density at radius 1 is 1.15 bits per heavy atom. The number of benzene rings is 2. The first-order chi connectivity index (χ1) is 16.6. The first kappa shape index (κ1) is 27.3. The van der Waals surface area contributed by atoms with Crippen molar-refractivity contribution in [3.05, 3.63) is 47.5 Å². The summed E-state index contributed by atoms with van der Waals surface area (Å²) in [7, 11) is 0. The Morgan fingerprint density at radius 2 is 1.85 bits per heavy atom. The molecule has 1 aliphatic rings. The molecule has 1 amide bonds. The van der Waals surface area contributed by atoms with Crippen LogP contribution < -0.4 is 10.2 Å². The number of aliphatic hydroxyl groups is 1. The number of nitrogens with one attached hydrogen (secondary N) is 1. The molecule has 1 saturated heterocycles. The smallest absolute Gasteiger partial charge is 0.262 e. The Morgan fingerprint density at radius 3 is 2.53 bits per heavy atom. The average molecular weight is 468 g/mol. The number of hydrogen-bond donors (Lipinski definition) is 2. The van der Waals surface area contributed by atoms with Crippen LogP contribution in [0.25, 0.3) is 16.8 Å². The van der Waals surface area contributed by atoms with E-state index >= 15 is 0 Å². The summed E-state index contributed by atoms with van der Waals surface area (Å²) >= 11 is 0. The van der Waals surface area contributed by atoms with E-state index in [0.717, 1.165) is 22.9 Å². The number of carbonyl (C=O) groups is 1. The third-order valence-electron chi connectivity index (χ3n) is 5.55. The largest absolute Gasteiger partial charge is 0.394 e. The number of anilines is 1. The lowest BCUT2D eigenvalue weighted by molar-refractivity contribution is -0.117. The number of aliphatic hydroxyl groups excluding tert-OH is 1. The van der Waals surface area contributed by atoms with Gasteiger partial charge in [-0.3, -0.25) is 4.79 Å². The Hall–Kier alpha value is -2.92.